The van der Waals surface area contributed by atoms with Gasteiger partial charge in [-0.05, 0) is 38.8 Å². The molecule has 0 unspecified atom stereocenters. The number of piperidine rings is 1. The zero-order chi connectivity index (χ0) is 18.1. The average molecular weight is 347 g/mol. The standard InChI is InChI=1S/C19H29N3O3/c1-4-20-19(22-12-9-16(10-13-22)18(23)24-3)21-11-14-25-17-7-5-15(2)6-8-17/h5-8,16H,4,9-14H2,1-3H3,(H,20,21). The summed E-state index contributed by atoms with van der Waals surface area (Å²) in [6.45, 7) is 7.67. The number of carbonyl (C=O) groups is 1. The lowest BCUT2D eigenvalue weighted by Gasteiger charge is -2.33. The normalized spacial score (nSPS) is 15.8. The Hall–Kier alpha value is -2.24. The molecule has 1 heterocycles. The highest BCUT2D eigenvalue weighted by molar-refractivity contribution is 5.80. The summed E-state index contributed by atoms with van der Waals surface area (Å²) in [5.74, 6) is 1.66. The van der Waals surface area contributed by atoms with E-state index in [0.29, 0.717) is 13.2 Å². The Morgan fingerprint density at radius 1 is 1.28 bits per heavy atom. The number of aryl methyl sites for hydroxylation is 1. The minimum Gasteiger partial charge on any atom is -0.492 e. The molecule has 1 aromatic carbocycles. The van der Waals surface area contributed by atoms with Gasteiger partial charge in [-0.15, -0.1) is 0 Å². The Labute approximate surface area is 150 Å². The van der Waals surface area contributed by atoms with Crippen molar-refractivity contribution in [2.75, 3.05) is 39.9 Å². The lowest BCUT2D eigenvalue weighted by molar-refractivity contribution is -0.146. The van der Waals surface area contributed by atoms with Crippen LogP contribution in [0.5, 0.6) is 5.75 Å². The van der Waals surface area contributed by atoms with E-state index < -0.39 is 0 Å². The summed E-state index contributed by atoms with van der Waals surface area (Å²) in [7, 11) is 1.45. The molecule has 0 amide bonds. The summed E-state index contributed by atoms with van der Waals surface area (Å²) in [6, 6.07) is 8.02. The van der Waals surface area contributed by atoms with Crippen LogP contribution in [0.15, 0.2) is 29.3 Å². The van der Waals surface area contributed by atoms with Gasteiger partial charge in [-0.25, -0.2) is 4.99 Å². The van der Waals surface area contributed by atoms with Crippen LogP contribution in [-0.4, -0.2) is 56.7 Å². The molecular weight excluding hydrogens is 318 g/mol. The van der Waals surface area contributed by atoms with Crippen molar-refractivity contribution in [3.63, 3.8) is 0 Å². The number of ether oxygens (including phenoxy) is 2. The monoisotopic (exact) mass is 347 g/mol. The van der Waals surface area contributed by atoms with Gasteiger partial charge in [0.05, 0.1) is 19.6 Å². The fourth-order valence-corrected chi connectivity index (χ4v) is 2.87. The van der Waals surface area contributed by atoms with Gasteiger partial charge in [0.2, 0.25) is 0 Å². The largest absolute Gasteiger partial charge is 0.492 e. The lowest BCUT2D eigenvalue weighted by atomic mass is 9.97. The molecule has 0 saturated carbocycles. The molecule has 0 spiro atoms. The van der Waals surface area contributed by atoms with Gasteiger partial charge in [-0.3, -0.25) is 4.79 Å². The fraction of sp³-hybridized carbons (Fsp3) is 0.579. The van der Waals surface area contributed by atoms with Gasteiger partial charge >= 0.3 is 5.97 Å². The van der Waals surface area contributed by atoms with Gasteiger partial charge in [0, 0.05) is 19.6 Å². The lowest BCUT2D eigenvalue weighted by Crippen LogP contribution is -2.46. The van der Waals surface area contributed by atoms with Crippen molar-refractivity contribution in [3.05, 3.63) is 29.8 Å². The first-order chi connectivity index (χ1) is 12.1. The molecular formula is C19H29N3O3. The van der Waals surface area contributed by atoms with Gasteiger partial charge in [-0.1, -0.05) is 17.7 Å². The van der Waals surface area contributed by atoms with E-state index in [4.69, 9.17) is 9.47 Å². The second kappa shape index (κ2) is 9.91. The number of hydrogen-bond acceptors (Lipinski definition) is 4. The van der Waals surface area contributed by atoms with Crippen LogP contribution in [0.25, 0.3) is 0 Å². The number of nitrogens with one attached hydrogen (secondary N) is 1. The Bertz CT molecular complexity index is 564. The topological polar surface area (TPSA) is 63.2 Å². The van der Waals surface area contributed by atoms with E-state index >= 15 is 0 Å². The molecule has 1 aliphatic rings. The number of esters is 1. The van der Waals surface area contributed by atoms with Crippen molar-refractivity contribution < 1.29 is 14.3 Å². The van der Waals surface area contributed by atoms with Crippen LogP contribution in [-0.2, 0) is 9.53 Å². The first-order valence-electron chi connectivity index (χ1n) is 8.94. The van der Waals surface area contributed by atoms with Crippen LogP contribution in [0, 0.1) is 12.8 Å². The molecule has 6 nitrogen and oxygen atoms in total. The number of hydrogen-bond donors (Lipinski definition) is 1. The number of carbonyl (C=O) groups excluding carboxylic acids is 1. The number of aliphatic imine (C=N–C) groups is 1. The molecule has 1 saturated heterocycles. The predicted molar refractivity (Wildman–Crippen MR) is 99.0 cm³/mol. The third-order valence-corrected chi connectivity index (χ3v) is 4.31. The van der Waals surface area contributed by atoms with E-state index in [-0.39, 0.29) is 11.9 Å². The molecule has 0 atom stereocenters. The number of nitrogens with zero attached hydrogens (tertiary/aromatic N) is 2. The Balaban J connectivity index is 1.82. The van der Waals surface area contributed by atoms with E-state index in [1.165, 1.54) is 12.7 Å². The van der Waals surface area contributed by atoms with Gasteiger partial charge in [0.1, 0.15) is 12.4 Å². The number of methoxy groups -OCH3 is 1. The maximum atomic E-state index is 11.6. The summed E-state index contributed by atoms with van der Waals surface area (Å²) in [5, 5.41) is 3.32. The first-order valence-corrected chi connectivity index (χ1v) is 8.94. The summed E-state index contributed by atoms with van der Waals surface area (Å²) >= 11 is 0. The third kappa shape index (κ3) is 5.96. The molecule has 6 heteroatoms. The number of likely N-dealkylation sites (tertiary alicyclic amines) is 1. The van der Waals surface area contributed by atoms with Gasteiger partial charge < -0.3 is 19.7 Å². The Kier molecular flexibility index (Phi) is 7.57. The Morgan fingerprint density at radius 2 is 1.96 bits per heavy atom. The van der Waals surface area contributed by atoms with Crippen LogP contribution in [0.2, 0.25) is 0 Å². The summed E-state index contributed by atoms with van der Waals surface area (Å²) in [6.07, 6.45) is 1.61. The summed E-state index contributed by atoms with van der Waals surface area (Å²) in [5.41, 5.74) is 1.22. The molecule has 0 aromatic heterocycles. The summed E-state index contributed by atoms with van der Waals surface area (Å²) in [4.78, 5) is 18.5. The molecule has 0 aliphatic carbocycles. The number of rotatable bonds is 6. The van der Waals surface area contributed by atoms with Crippen LogP contribution in [0.1, 0.15) is 25.3 Å². The summed E-state index contributed by atoms with van der Waals surface area (Å²) < 4.78 is 10.6. The van der Waals surface area contributed by atoms with Crippen molar-refractivity contribution in [2.24, 2.45) is 10.9 Å². The van der Waals surface area contributed by atoms with E-state index in [9.17, 15) is 4.79 Å². The van der Waals surface area contributed by atoms with E-state index in [1.807, 2.05) is 24.3 Å². The second-order valence-electron chi connectivity index (χ2n) is 6.18. The maximum Gasteiger partial charge on any atom is 0.308 e. The molecule has 1 N–H and O–H groups in total. The van der Waals surface area contributed by atoms with Gasteiger partial charge in [0.25, 0.3) is 0 Å². The van der Waals surface area contributed by atoms with Crippen molar-refractivity contribution in [2.45, 2.75) is 26.7 Å². The number of benzene rings is 1. The zero-order valence-electron chi connectivity index (χ0n) is 15.5. The minimum atomic E-state index is -0.104. The van der Waals surface area contributed by atoms with Crippen molar-refractivity contribution >= 4 is 11.9 Å². The molecule has 0 bridgehead atoms. The third-order valence-electron chi connectivity index (χ3n) is 4.31. The number of guanidine groups is 1. The highest BCUT2D eigenvalue weighted by atomic mass is 16.5. The molecule has 0 radical (unpaired) electrons. The highest BCUT2D eigenvalue weighted by Crippen LogP contribution is 2.18. The quantitative estimate of drug-likeness (QED) is 0.370. The molecule has 1 aliphatic heterocycles. The Morgan fingerprint density at radius 3 is 2.56 bits per heavy atom. The van der Waals surface area contributed by atoms with Gasteiger partial charge in [-0.2, -0.15) is 0 Å². The first kappa shape index (κ1) is 19.1. The zero-order valence-corrected chi connectivity index (χ0v) is 15.5. The maximum absolute atomic E-state index is 11.6. The molecule has 25 heavy (non-hydrogen) atoms. The van der Waals surface area contributed by atoms with E-state index in [2.05, 4.69) is 29.1 Å². The van der Waals surface area contributed by atoms with Crippen LogP contribution in [0.3, 0.4) is 0 Å². The van der Waals surface area contributed by atoms with Crippen molar-refractivity contribution in [1.29, 1.82) is 0 Å². The predicted octanol–water partition coefficient (Wildman–Crippen LogP) is 2.22. The van der Waals surface area contributed by atoms with Crippen LogP contribution in [0.4, 0.5) is 0 Å². The molecule has 138 valence electrons. The minimum absolute atomic E-state index is 0.00833. The smallest absolute Gasteiger partial charge is 0.308 e. The molecule has 2 rings (SSSR count). The van der Waals surface area contributed by atoms with E-state index in [1.54, 1.807) is 0 Å². The molecule has 1 fully saturated rings. The fourth-order valence-electron chi connectivity index (χ4n) is 2.87. The second-order valence-corrected chi connectivity index (χ2v) is 6.18. The SMILES string of the molecule is CCNC(=NCCOc1ccc(C)cc1)N1CCC(C(=O)OC)CC1. The van der Waals surface area contributed by atoms with Crippen molar-refractivity contribution in [3.8, 4) is 5.75 Å². The van der Waals surface area contributed by atoms with Gasteiger partial charge in [0.15, 0.2) is 5.96 Å². The van der Waals surface area contributed by atoms with Crippen molar-refractivity contribution in [1.82, 2.24) is 10.2 Å². The van der Waals surface area contributed by atoms with E-state index in [0.717, 1.165) is 44.2 Å². The molecule has 1 aromatic rings. The van der Waals surface area contributed by atoms with Crippen LogP contribution < -0.4 is 10.1 Å². The average Bonchev–Trinajstić information content (AvgIpc) is 2.65. The highest BCUT2D eigenvalue weighted by Gasteiger charge is 2.26. The van der Waals surface area contributed by atoms with Crippen LogP contribution >= 0.6 is 0 Å².